The van der Waals surface area contributed by atoms with Gasteiger partial charge in [-0.2, -0.15) is 0 Å². The van der Waals surface area contributed by atoms with Crippen LogP contribution >= 0.6 is 0 Å². The molecule has 2 heterocycles. The van der Waals surface area contributed by atoms with E-state index in [9.17, 15) is 4.79 Å². The summed E-state index contributed by atoms with van der Waals surface area (Å²) in [7, 11) is 1.69. The Labute approximate surface area is 170 Å². The van der Waals surface area contributed by atoms with E-state index >= 15 is 0 Å². The van der Waals surface area contributed by atoms with Gasteiger partial charge in [0.15, 0.2) is 11.5 Å². The van der Waals surface area contributed by atoms with Gasteiger partial charge < -0.3 is 19.0 Å². The summed E-state index contributed by atoms with van der Waals surface area (Å²) in [5.74, 6) is 2.18. The van der Waals surface area contributed by atoms with Crippen molar-refractivity contribution >= 4 is 22.7 Å². The highest BCUT2D eigenvalue weighted by atomic mass is 16.5. The number of methoxy groups -OCH3 is 1. The van der Waals surface area contributed by atoms with Crippen LogP contribution in [0.25, 0.3) is 11.1 Å². The molecule has 1 amide bonds. The number of hydrogen-bond donors (Lipinski definition) is 0. The number of aromatic nitrogens is 1. The van der Waals surface area contributed by atoms with Crippen molar-refractivity contribution < 1.29 is 13.9 Å². The molecule has 0 spiro atoms. The number of nitrogens with zero attached hydrogens (tertiary/aromatic N) is 3. The first-order chi connectivity index (χ1) is 14.1. The standard InChI is InChI=1S/C23H25N3O3/c1-15-14-25(19-5-3-4-6-20(19)28-2)11-12-26(15)23(27)17-9-10-18-21(13-17)29-22(24-18)16-7-8-16/h3-6,9-10,13,15-16H,7-8,11-12,14H2,1-2H3. The zero-order chi connectivity index (χ0) is 20.0. The zero-order valence-electron chi connectivity index (χ0n) is 16.8. The highest BCUT2D eigenvalue weighted by molar-refractivity contribution is 5.97. The van der Waals surface area contributed by atoms with Crippen LogP contribution in [0.3, 0.4) is 0 Å². The van der Waals surface area contributed by atoms with E-state index in [1.54, 1.807) is 7.11 Å². The van der Waals surface area contributed by atoms with Crippen molar-refractivity contribution in [3.63, 3.8) is 0 Å². The van der Waals surface area contributed by atoms with Crippen molar-refractivity contribution in [1.82, 2.24) is 9.88 Å². The van der Waals surface area contributed by atoms with Crippen molar-refractivity contribution in [1.29, 1.82) is 0 Å². The maximum Gasteiger partial charge on any atom is 0.254 e. The second-order valence-corrected chi connectivity index (χ2v) is 7.97. The van der Waals surface area contributed by atoms with Crippen LogP contribution in [0.2, 0.25) is 0 Å². The molecule has 1 aromatic heterocycles. The van der Waals surface area contributed by atoms with Gasteiger partial charge in [0, 0.05) is 37.2 Å². The molecule has 1 saturated heterocycles. The summed E-state index contributed by atoms with van der Waals surface area (Å²) in [6, 6.07) is 13.7. The highest BCUT2D eigenvalue weighted by Crippen LogP contribution is 2.40. The summed E-state index contributed by atoms with van der Waals surface area (Å²) in [6.07, 6.45) is 2.29. The van der Waals surface area contributed by atoms with Gasteiger partial charge in [0.2, 0.25) is 0 Å². The van der Waals surface area contributed by atoms with Crippen molar-refractivity contribution in [2.24, 2.45) is 0 Å². The third-order valence-corrected chi connectivity index (χ3v) is 5.89. The van der Waals surface area contributed by atoms with E-state index in [0.717, 1.165) is 48.8 Å². The minimum atomic E-state index is 0.0449. The Morgan fingerprint density at radius 3 is 2.76 bits per heavy atom. The second-order valence-electron chi connectivity index (χ2n) is 7.97. The van der Waals surface area contributed by atoms with Crippen LogP contribution in [0.15, 0.2) is 46.9 Å². The lowest BCUT2D eigenvalue weighted by molar-refractivity contribution is 0.0674. The maximum atomic E-state index is 13.2. The van der Waals surface area contributed by atoms with E-state index in [1.165, 1.54) is 0 Å². The number of carbonyl (C=O) groups excluding carboxylic acids is 1. The molecule has 1 aliphatic carbocycles. The molecule has 0 radical (unpaired) electrons. The topological polar surface area (TPSA) is 58.8 Å². The molecule has 6 heteroatoms. The van der Waals surface area contributed by atoms with Crippen LogP contribution in [0.4, 0.5) is 5.69 Å². The molecule has 1 saturated carbocycles. The van der Waals surface area contributed by atoms with Gasteiger partial charge in [0.05, 0.1) is 12.8 Å². The van der Waals surface area contributed by atoms with E-state index in [1.807, 2.05) is 41.3 Å². The summed E-state index contributed by atoms with van der Waals surface area (Å²) >= 11 is 0. The first kappa shape index (κ1) is 18.0. The quantitative estimate of drug-likeness (QED) is 0.671. The van der Waals surface area contributed by atoms with Crippen molar-refractivity contribution in [2.45, 2.75) is 31.7 Å². The third kappa shape index (κ3) is 3.33. The maximum absolute atomic E-state index is 13.2. The molecule has 1 atom stereocenters. The van der Waals surface area contributed by atoms with Gasteiger partial charge >= 0.3 is 0 Å². The van der Waals surface area contributed by atoms with Crippen LogP contribution in [-0.4, -0.2) is 48.6 Å². The first-order valence-corrected chi connectivity index (χ1v) is 10.2. The van der Waals surface area contributed by atoms with Crippen molar-refractivity contribution in [3.8, 4) is 5.75 Å². The van der Waals surface area contributed by atoms with Crippen LogP contribution in [-0.2, 0) is 0 Å². The average Bonchev–Trinajstić information content (AvgIpc) is 3.51. The fraction of sp³-hybridized carbons (Fsp3) is 0.391. The molecule has 2 fully saturated rings. The van der Waals surface area contributed by atoms with Crippen LogP contribution in [0.1, 0.15) is 41.9 Å². The molecular weight excluding hydrogens is 366 g/mol. The Bertz CT molecular complexity index is 1060. The minimum absolute atomic E-state index is 0.0449. The van der Waals surface area contributed by atoms with Gasteiger partial charge in [-0.1, -0.05) is 12.1 Å². The number of rotatable bonds is 4. The molecular formula is C23H25N3O3. The number of anilines is 1. The van der Waals surface area contributed by atoms with Crippen molar-refractivity contribution in [2.75, 3.05) is 31.6 Å². The van der Waals surface area contributed by atoms with Crippen LogP contribution in [0.5, 0.6) is 5.75 Å². The summed E-state index contributed by atoms with van der Waals surface area (Å²) in [6.45, 7) is 4.30. The molecule has 1 aliphatic heterocycles. The van der Waals surface area contributed by atoms with Gasteiger partial charge in [0.1, 0.15) is 11.3 Å². The van der Waals surface area contributed by atoms with Gasteiger partial charge in [-0.05, 0) is 50.1 Å². The Morgan fingerprint density at radius 2 is 2.00 bits per heavy atom. The molecule has 0 bridgehead atoms. The normalized spacial score (nSPS) is 19.6. The Kier molecular flexibility index (Phi) is 4.42. The molecule has 5 rings (SSSR count). The van der Waals surface area contributed by atoms with Gasteiger partial charge in [-0.25, -0.2) is 4.98 Å². The lowest BCUT2D eigenvalue weighted by atomic mass is 10.1. The minimum Gasteiger partial charge on any atom is -0.495 e. The van der Waals surface area contributed by atoms with Gasteiger partial charge in [0.25, 0.3) is 5.91 Å². The molecule has 2 aromatic carbocycles. The van der Waals surface area contributed by atoms with Crippen molar-refractivity contribution in [3.05, 3.63) is 53.9 Å². The second kappa shape index (κ2) is 7.10. The summed E-state index contributed by atoms with van der Waals surface area (Å²) in [5, 5.41) is 0. The molecule has 2 aliphatic rings. The fourth-order valence-corrected chi connectivity index (χ4v) is 4.12. The number of para-hydroxylation sites is 2. The number of ether oxygens (including phenoxy) is 1. The van der Waals surface area contributed by atoms with E-state index in [0.29, 0.717) is 23.6 Å². The zero-order valence-corrected chi connectivity index (χ0v) is 16.8. The SMILES string of the molecule is COc1ccccc1N1CCN(C(=O)c2ccc3nc(C4CC4)oc3c2)C(C)C1. The number of amides is 1. The van der Waals surface area contributed by atoms with Crippen LogP contribution < -0.4 is 9.64 Å². The summed E-state index contributed by atoms with van der Waals surface area (Å²) in [5.41, 5.74) is 3.27. The Balaban J connectivity index is 1.33. The number of piperazine rings is 1. The number of carbonyl (C=O) groups is 1. The number of benzene rings is 2. The number of fused-ring (bicyclic) bond motifs is 1. The van der Waals surface area contributed by atoms with Gasteiger partial charge in [-0.3, -0.25) is 4.79 Å². The fourth-order valence-electron chi connectivity index (χ4n) is 4.12. The number of oxazole rings is 1. The van der Waals surface area contributed by atoms with Crippen LogP contribution in [0, 0.1) is 0 Å². The molecule has 6 nitrogen and oxygen atoms in total. The molecule has 0 N–H and O–H groups in total. The lowest BCUT2D eigenvalue weighted by Gasteiger charge is -2.41. The molecule has 1 unspecified atom stereocenters. The summed E-state index contributed by atoms with van der Waals surface area (Å²) in [4.78, 5) is 22.0. The smallest absolute Gasteiger partial charge is 0.254 e. The number of hydrogen-bond acceptors (Lipinski definition) is 5. The van der Waals surface area contributed by atoms with E-state index in [-0.39, 0.29) is 11.9 Å². The summed E-state index contributed by atoms with van der Waals surface area (Å²) < 4.78 is 11.4. The Hall–Kier alpha value is -3.02. The van der Waals surface area contributed by atoms with E-state index in [2.05, 4.69) is 22.9 Å². The van der Waals surface area contributed by atoms with E-state index in [4.69, 9.17) is 9.15 Å². The molecule has 29 heavy (non-hydrogen) atoms. The lowest BCUT2D eigenvalue weighted by Crippen LogP contribution is -2.54. The monoisotopic (exact) mass is 391 g/mol. The van der Waals surface area contributed by atoms with E-state index < -0.39 is 0 Å². The first-order valence-electron chi connectivity index (χ1n) is 10.2. The Morgan fingerprint density at radius 1 is 1.17 bits per heavy atom. The average molecular weight is 391 g/mol. The predicted octanol–water partition coefficient (Wildman–Crippen LogP) is 4.06. The van der Waals surface area contributed by atoms with Gasteiger partial charge in [-0.15, -0.1) is 0 Å². The highest BCUT2D eigenvalue weighted by Gasteiger charge is 2.31. The molecule has 150 valence electrons. The third-order valence-electron chi connectivity index (χ3n) is 5.89. The largest absolute Gasteiger partial charge is 0.495 e. The predicted molar refractivity (Wildman–Crippen MR) is 112 cm³/mol. The molecule has 3 aromatic rings.